The van der Waals surface area contributed by atoms with Gasteiger partial charge in [0, 0.05) is 18.2 Å². The molecule has 6 heteroatoms. The van der Waals surface area contributed by atoms with Crippen LogP contribution < -0.4 is 4.90 Å². The van der Waals surface area contributed by atoms with E-state index in [1.807, 2.05) is 30.3 Å². The molecule has 0 atom stereocenters. The maximum absolute atomic E-state index is 13.6. The third-order valence-electron chi connectivity index (χ3n) is 6.47. The van der Waals surface area contributed by atoms with Crippen LogP contribution >= 0.6 is 0 Å². The van der Waals surface area contributed by atoms with Crippen molar-refractivity contribution >= 4 is 17.7 Å². The summed E-state index contributed by atoms with van der Waals surface area (Å²) in [5.41, 5.74) is 0.879. The molecule has 1 aromatic heterocycles. The van der Waals surface area contributed by atoms with E-state index in [0.717, 1.165) is 57.1 Å². The molecule has 2 fully saturated rings. The van der Waals surface area contributed by atoms with Gasteiger partial charge in [0.15, 0.2) is 5.82 Å². The van der Waals surface area contributed by atoms with Gasteiger partial charge >= 0.3 is 5.97 Å². The second-order valence-corrected chi connectivity index (χ2v) is 8.55. The first-order chi connectivity index (χ1) is 14.0. The predicted octanol–water partition coefficient (Wildman–Crippen LogP) is 4.67. The highest BCUT2D eigenvalue weighted by molar-refractivity contribution is 6.02. The molecule has 29 heavy (non-hydrogen) atoms. The van der Waals surface area contributed by atoms with Gasteiger partial charge in [-0.05, 0) is 56.6 Å². The lowest BCUT2D eigenvalue weighted by atomic mass is 9.82. The van der Waals surface area contributed by atoms with E-state index in [2.05, 4.69) is 12.0 Å². The van der Waals surface area contributed by atoms with Crippen molar-refractivity contribution in [3.8, 4) is 5.69 Å². The quantitative estimate of drug-likeness (QED) is 0.798. The van der Waals surface area contributed by atoms with Gasteiger partial charge in [-0.15, -0.1) is 5.10 Å². The van der Waals surface area contributed by atoms with Gasteiger partial charge in [-0.1, -0.05) is 38.0 Å². The maximum Gasteiger partial charge on any atom is 0.341 e. The molecule has 0 bridgehead atoms. The van der Waals surface area contributed by atoms with Crippen molar-refractivity contribution in [3.05, 3.63) is 42.1 Å². The van der Waals surface area contributed by atoms with Gasteiger partial charge in [0.05, 0.1) is 5.69 Å². The van der Waals surface area contributed by atoms with Crippen molar-refractivity contribution in [2.75, 3.05) is 4.90 Å². The van der Waals surface area contributed by atoms with Crippen molar-refractivity contribution in [2.45, 2.75) is 64.3 Å². The van der Waals surface area contributed by atoms with Gasteiger partial charge in [-0.25, -0.2) is 9.48 Å². The molecule has 0 saturated heterocycles. The van der Waals surface area contributed by atoms with Gasteiger partial charge in [0.25, 0.3) is 0 Å². The lowest BCUT2D eigenvalue weighted by Crippen LogP contribution is -2.44. The smallest absolute Gasteiger partial charge is 0.341 e. The molecule has 1 aromatic carbocycles. The molecule has 0 aliphatic heterocycles. The zero-order valence-electron chi connectivity index (χ0n) is 17.0. The van der Waals surface area contributed by atoms with Crippen LogP contribution in [0.2, 0.25) is 0 Å². The van der Waals surface area contributed by atoms with E-state index in [1.54, 1.807) is 9.58 Å². The average molecular weight is 396 g/mol. The topological polar surface area (TPSA) is 75.4 Å². The first kappa shape index (κ1) is 19.7. The molecular formula is C23H29N3O3. The third kappa shape index (κ3) is 4.07. The Morgan fingerprint density at radius 3 is 2.31 bits per heavy atom. The molecule has 1 N–H and O–H groups in total. The van der Waals surface area contributed by atoms with Crippen molar-refractivity contribution in [1.29, 1.82) is 0 Å². The molecule has 0 spiro atoms. The standard InChI is InChI=1S/C23H29N3O3/c1-16-11-13-17(14-12-16)22(27)26(19-9-5-6-10-19)21-20(23(28)29)15-25(24-21)18-7-3-2-4-8-18/h2-4,7-8,15-17,19H,5-6,9-14H2,1H3,(H,28,29)/t16-,17-. The molecule has 1 heterocycles. The molecule has 1 amide bonds. The Balaban J connectivity index is 1.73. The van der Waals surface area contributed by atoms with Crippen LogP contribution in [-0.4, -0.2) is 32.8 Å². The third-order valence-corrected chi connectivity index (χ3v) is 6.47. The highest BCUT2D eigenvalue weighted by Crippen LogP contribution is 2.36. The van der Waals surface area contributed by atoms with E-state index in [9.17, 15) is 14.7 Å². The van der Waals surface area contributed by atoms with Gasteiger partial charge < -0.3 is 5.11 Å². The number of hydrogen-bond donors (Lipinski definition) is 1. The molecule has 2 aromatic rings. The van der Waals surface area contributed by atoms with Crippen molar-refractivity contribution in [1.82, 2.24) is 9.78 Å². The Hall–Kier alpha value is -2.63. The summed E-state index contributed by atoms with van der Waals surface area (Å²) in [5.74, 6) is -0.0575. The van der Waals surface area contributed by atoms with Gasteiger partial charge in [0.1, 0.15) is 5.56 Å². The molecule has 2 aliphatic rings. The molecular weight excluding hydrogens is 366 g/mol. The van der Waals surface area contributed by atoms with Gasteiger partial charge in [-0.3, -0.25) is 9.69 Å². The van der Waals surface area contributed by atoms with Crippen LogP contribution in [0.25, 0.3) is 5.69 Å². The number of carbonyl (C=O) groups is 2. The number of carboxylic acids is 1. The van der Waals surface area contributed by atoms with Crippen molar-refractivity contribution < 1.29 is 14.7 Å². The lowest BCUT2D eigenvalue weighted by molar-refractivity contribution is -0.124. The predicted molar refractivity (Wildman–Crippen MR) is 111 cm³/mol. The van der Waals surface area contributed by atoms with E-state index < -0.39 is 5.97 Å². The first-order valence-electron chi connectivity index (χ1n) is 10.8. The molecule has 0 unspecified atom stereocenters. The first-order valence-corrected chi connectivity index (χ1v) is 10.8. The van der Waals surface area contributed by atoms with Crippen LogP contribution in [-0.2, 0) is 4.79 Å². The molecule has 0 radical (unpaired) electrons. The number of para-hydroxylation sites is 1. The molecule has 2 aliphatic carbocycles. The van der Waals surface area contributed by atoms with Gasteiger partial charge in [0.2, 0.25) is 5.91 Å². The van der Waals surface area contributed by atoms with Crippen molar-refractivity contribution in [2.24, 2.45) is 11.8 Å². The minimum absolute atomic E-state index is 0.0321. The fourth-order valence-electron chi connectivity index (χ4n) is 4.73. The highest BCUT2D eigenvalue weighted by atomic mass is 16.4. The Kier molecular flexibility index (Phi) is 5.69. The SMILES string of the molecule is C[C@H]1CC[C@H](C(=O)N(c2nn(-c3ccccc3)cc2C(=O)O)C2CCCC2)CC1. The summed E-state index contributed by atoms with van der Waals surface area (Å²) >= 11 is 0. The maximum atomic E-state index is 13.6. The van der Waals surface area contributed by atoms with E-state index in [1.165, 1.54) is 6.20 Å². The number of rotatable bonds is 5. The number of carboxylic acid groups (broad SMARTS) is 1. The zero-order valence-corrected chi connectivity index (χ0v) is 17.0. The Morgan fingerprint density at radius 2 is 1.69 bits per heavy atom. The lowest BCUT2D eigenvalue weighted by Gasteiger charge is -2.33. The summed E-state index contributed by atoms with van der Waals surface area (Å²) in [6.45, 7) is 2.24. The van der Waals surface area contributed by atoms with Crippen LogP contribution in [0, 0.1) is 11.8 Å². The summed E-state index contributed by atoms with van der Waals surface area (Å²) in [5, 5.41) is 14.5. The monoisotopic (exact) mass is 395 g/mol. The minimum atomic E-state index is -1.05. The van der Waals surface area contributed by atoms with Crippen LogP contribution in [0.5, 0.6) is 0 Å². The number of aromatic carboxylic acids is 1. The number of anilines is 1. The molecule has 2 saturated carbocycles. The Morgan fingerprint density at radius 1 is 1.03 bits per heavy atom. The van der Waals surface area contributed by atoms with Gasteiger partial charge in [-0.2, -0.15) is 0 Å². The molecule has 4 rings (SSSR count). The number of amides is 1. The van der Waals surface area contributed by atoms with Crippen LogP contribution in [0.1, 0.15) is 68.6 Å². The second-order valence-electron chi connectivity index (χ2n) is 8.55. The largest absolute Gasteiger partial charge is 0.477 e. The number of aromatic nitrogens is 2. The number of benzene rings is 1. The van der Waals surface area contributed by atoms with Crippen LogP contribution in [0.4, 0.5) is 5.82 Å². The zero-order chi connectivity index (χ0) is 20.4. The van der Waals surface area contributed by atoms with E-state index >= 15 is 0 Å². The fourth-order valence-corrected chi connectivity index (χ4v) is 4.73. The minimum Gasteiger partial charge on any atom is -0.477 e. The number of nitrogens with zero attached hydrogens (tertiary/aromatic N) is 3. The summed E-state index contributed by atoms with van der Waals surface area (Å²) < 4.78 is 1.58. The summed E-state index contributed by atoms with van der Waals surface area (Å²) in [6, 6.07) is 9.49. The fraction of sp³-hybridized carbons (Fsp3) is 0.522. The number of carbonyl (C=O) groups excluding carboxylic acids is 1. The number of hydrogen-bond acceptors (Lipinski definition) is 3. The summed E-state index contributed by atoms with van der Waals surface area (Å²) in [7, 11) is 0. The highest BCUT2D eigenvalue weighted by Gasteiger charge is 2.37. The van der Waals surface area contributed by atoms with E-state index in [0.29, 0.717) is 11.7 Å². The van der Waals surface area contributed by atoms with Crippen LogP contribution in [0.15, 0.2) is 36.5 Å². The summed E-state index contributed by atoms with van der Waals surface area (Å²) in [6.07, 6.45) is 9.35. The molecule has 154 valence electrons. The van der Waals surface area contributed by atoms with Crippen molar-refractivity contribution in [3.63, 3.8) is 0 Å². The van der Waals surface area contributed by atoms with E-state index in [4.69, 9.17) is 0 Å². The summed E-state index contributed by atoms with van der Waals surface area (Å²) in [4.78, 5) is 27.4. The normalized spacial score (nSPS) is 22.5. The Labute approximate surface area is 171 Å². The second kappa shape index (κ2) is 8.39. The average Bonchev–Trinajstić information content (AvgIpc) is 3.40. The molecule has 6 nitrogen and oxygen atoms in total. The van der Waals surface area contributed by atoms with E-state index in [-0.39, 0.29) is 23.4 Å². The van der Waals surface area contributed by atoms with Crippen LogP contribution in [0.3, 0.4) is 0 Å². The Bertz CT molecular complexity index is 863.